The number of amides is 1. The highest BCUT2D eigenvalue weighted by molar-refractivity contribution is 5.92. The molecule has 72 valence electrons. The lowest BCUT2D eigenvalue weighted by Gasteiger charge is -2.07. The highest BCUT2D eigenvalue weighted by atomic mass is 16.1. The maximum absolute atomic E-state index is 11.1. The molecule has 3 heteroatoms. The van der Waals surface area contributed by atoms with E-state index in [9.17, 15) is 4.79 Å². The van der Waals surface area contributed by atoms with E-state index in [2.05, 4.69) is 5.32 Å². The number of hydrogen-bond acceptors (Lipinski definition) is 2. The van der Waals surface area contributed by atoms with Gasteiger partial charge in [0.05, 0.1) is 6.07 Å². The normalized spacial score (nSPS) is 9.21. The average molecular weight is 188 g/mol. The third kappa shape index (κ3) is 2.60. The fraction of sp³-hybridized carbons (Fsp3) is 0.273. The molecule has 1 aromatic carbocycles. The summed E-state index contributed by atoms with van der Waals surface area (Å²) >= 11 is 0. The molecule has 0 aliphatic heterocycles. The first-order valence-corrected chi connectivity index (χ1v) is 4.37. The van der Waals surface area contributed by atoms with Crippen molar-refractivity contribution >= 4 is 11.6 Å². The number of aryl methyl sites for hydroxylation is 2. The SMILES string of the molecule is Cc1ccc(C)c(NC(=O)CC#N)c1. The molecule has 1 rings (SSSR count). The summed E-state index contributed by atoms with van der Waals surface area (Å²) in [6.45, 7) is 3.88. The van der Waals surface area contributed by atoms with Crippen LogP contribution in [0.5, 0.6) is 0 Å². The van der Waals surface area contributed by atoms with E-state index in [1.807, 2.05) is 38.1 Å². The van der Waals surface area contributed by atoms with Crippen molar-refractivity contribution in [1.29, 1.82) is 5.26 Å². The van der Waals surface area contributed by atoms with Crippen molar-refractivity contribution in [3.8, 4) is 6.07 Å². The maximum Gasteiger partial charge on any atom is 0.238 e. The number of nitrogens with zero attached hydrogens (tertiary/aromatic N) is 1. The van der Waals surface area contributed by atoms with Crippen LogP contribution in [0, 0.1) is 25.2 Å². The Labute approximate surface area is 83.4 Å². The van der Waals surface area contributed by atoms with Crippen molar-refractivity contribution in [3.05, 3.63) is 29.3 Å². The first kappa shape index (κ1) is 10.3. The van der Waals surface area contributed by atoms with E-state index in [0.717, 1.165) is 16.8 Å². The van der Waals surface area contributed by atoms with Gasteiger partial charge in [0.1, 0.15) is 6.42 Å². The van der Waals surface area contributed by atoms with E-state index in [1.54, 1.807) is 0 Å². The van der Waals surface area contributed by atoms with E-state index in [-0.39, 0.29) is 12.3 Å². The monoisotopic (exact) mass is 188 g/mol. The highest BCUT2D eigenvalue weighted by Crippen LogP contribution is 2.16. The zero-order chi connectivity index (χ0) is 10.6. The Morgan fingerprint density at radius 3 is 2.86 bits per heavy atom. The van der Waals surface area contributed by atoms with Gasteiger partial charge in [0, 0.05) is 5.69 Å². The molecule has 0 bridgehead atoms. The van der Waals surface area contributed by atoms with Crippen LogP contribution in [0.25, 0.3) is 0 Å². The molecule has 3 nitrogen and oxygen atoms in total. The van der Waals surface area contributed by atoms with Crippen LogP contribution in [0.3, 0.4) is 0 Å². The first-order valence-electron chi connectivity index (χ1n) is 4.37. The second-order valence-electron chi connectivity index (χ2n) is 3.20. The lowest BCUT2D eigenvalue weighted by molar-refractivity contribution is -0.115. The van der Waals surface area contributed by atoms with Gasteiger partial charge in [-0.2, -0.15) is 5.26 Å². The Hall–Kier alpha value is -1.82. The Bertz CT molecular complexity index is 391. The fourth-order valence-corrected chi connectivity index (χ4v) is 1.14. The van der Waals surface area contributed by atoms with Crippen LogP contribution in [-0.4, -0.2) is 5.91 Å². The second-order valence-corrected chi connectivity index (χ2v) is 3.20. The predicted octanol–water partition coefficient (Wildman–Crippen LogP) is 2.16. The van der Waals surface area contributed by atoms with Gasteiger partial charge in [-0.25, -0.2) is 0 Å². The van der Waals surface area contributed by atoms with Gasteiger partial charge in [-0.1, -0.05) is 12.1 Å². The Kier molecular flexibility index (Phi) is 3.24. The molecular weight excluding hydrogens is 176 g/mol. The molecule has 0 spiro atoms. The number of benzene rings is 1. The van der Waals surface area contributed by atoms with Crippen molar-refractivity contribution < 1.29 is 4.79 Å². The van der Waals surface area contributed by atoms with Gasteiger partial charge < -0.3 is 5.32 Å². The number of nitrogens with one attached hydrogen (secondary N) is 1. The van der Waals surface area contributed by atoms with Crippen molar-refractivity contribution in [2.24, 2.45) is 0 Å². The fourth-order valence-electron chi connectivity index (χ4n) is 1.14. The summed E-state index contributed by atoms with van der Waals surface area (Å²) in [5, 5.41) is 11.0. The standard InChI is InChI=1S/C11H12N2O/c1-8-3-4-9(2)10(7-8)13-11(14)5-6-12/h3-4,7H,5H2,1-2H3,(H,13,14). The summed E-state index contributed by atoms with van der Waals surface area (Å²) < 4.78 is 0. The van der Waals surface area contributed by atoms with Gasteiger partial charge >= 0.3 is 0 Å². The molecule has 0 aliphatic rings. The van der Waals surface area contributed by atoms with E-state index in [1.165, 1.54) is 0 Å². The zero-order valence-corrected chi connectivity index (χ0v) is 8.29. The van der Waals surface area contributed by atoms with Gasteiger partial charge in [0.15, 0.2) is 0 Å². The van der Waals surface area contributed by atoms with E-state index >= 15 is 0 Å². The minimum atomic E-state index is -0.263. The smallest absolute Gasteiger partial charge is 0.238 e. The number of rotatable bonds is 2. The lowest BCUT2D eigenvalue weighted by atomic mass is 10.1. The summed E-state index contributed by atoms with van der Waals surface area (Å²) in [5.74, 6) is -0.263. The minimum Gasteiger partial charge on any atom is -0.325 e. The van der Waals surface area contributed by atoms with Crippen LogP contribution in [0.1, 0.15) is 17.5 Å². The molecule has 0 radical (unpaired) electrons. The van der Waals surface area contributed by atoms with E-state index in [4.69, 9.17) is 5.26 Å². The van der Waals surface area contributed by atoms with Crippen LogP contribution >= 0.6 is 0 Å². The van der Waals surface area contributed by atoms with E-state index < -0.39 is 0 Å². The zero-order valence-electron chi connectivity index (χ0n) is 8.29. The Morgan fingerprint density at radius 2 is 2.21 bits per heavy atom. The van der Waals surface area contributed by atoms with Gasteiger partial charge in [-0.3, -0.25) is 4.79 Å². The molecule has 1 N–H and O–H groups in total. The summed E-state index contributed by atoms with van der Waals surface area (Å²) in [6, 6.07) is 7.63. The van der Waals surface area contributed by atoms with Crippen LogP contribution < -0.4 is 5.32 Å². The molecule has 0 aromatic heterocycles. The summed E-state index contributed by atoms with van der Waals surface area (Å²) in [7, 11) is 0. The van der Waals surface area contributed by atoms with Crippen LogP contribution in [0.4, 0.5) is 5.69 Å². The largest absolute Gasteiger partial charge is 0.325 e. The van der Waals surface area contributed by atoms with Crippen molar-refractivity contribution in [2.45, 2.75) is 20.3 Å². The average Bonchev–Trinajstić information content (AvgIpc) is 2.12. The molecule has 0 aliphatic carbocycles. The van der Waals surface area contributed by atoms with Crippen LogP contribution in [0.2, 0.25) is 0 Å². The molecule has 14 heavy (non-hydrogen) atoms. The quantitative estimate of drug-likeness (QED) is 0.773. The third-order valence-corrected chi connectivity index (χ3v) is 1.91. The number of carbonyl (C=O) groups is 1. The maximum atomic E-state index is 11.1. The lowest BCUT2D eigenvalue weighted by Crippen LogP contribution is -2.11. The topological polar surface area (TPSA) is 52.9 Å². The Morgan fingerprint density at radius 1 is 1.50 bits per heavy atom. The molecule has 0 fully saturated rings. The molecule has 0 atom stereocenters. The number of anilines is 1. The molecule has 0 unspecified atom stereocenters. The van der Waals surface area contributed by atoms with Gasteiger partial charge in [0.25, 0.3) is 0 Å². The molecule has 0 saturated carbocycles. The van der Waals surface area contributed by atoms with Crippen LogP contribution in [0.15, 0.2) is 18.2 Å². The number of hydrogen-bond donors (Lipinski definition) is 1. The molecule has 1 amide bonds. The van der Waals surface area contributed by atoms with Crippen molar-refractivity contribution in [2.75, 3.05) is 5.32 Å². The molecule has 0 heterocycles. The summed E-state index contributed by atoms with van der Waals surface area (Å²) in [4.78, 5) is 11.1. The van der Waals surface area contributed by atoms with E-state index in [0.29, 0.717) is 0 Å². The number of nitriles is 1. The number of carbonyl (C=O) groups excluding carboxylic acids is 1. The van der Waals surface area contributed by atoms with Crippen molar-refractivity contribution in [1.82, 2.24) is 0 Å². The van der Waals surface area contributed by atoms with Gasteiger partial charge in [0.2, 0.25) is 5.91 Å². The first-order chi connectivity index (χ1) is 6.63. The van der Waals surface area contributed by atoms with Gasteiger partial charge in [-0.05, 0) is 31.0 Å². The summed E-state index contributed by atoms with van der Waals surface area (Å²) in [5.41, 5.74) is 2.87. The molecule has 0 saturated heterocycles. The second kappa shape index (κ2) is 4.43. The third-order valence-electron chi connectivity index (χ3n) is 1.91. The van der Waals surface area contributed by atoms with Gasteiger partial charge in [-0.15, -0.1) is 0 Å². The summed E-state index contributed by atoms with van der Waals surface area (Å²) in [6.07, 6.45) is -0.104. The highest BCUT2D eigenvalue weighted by Gasteiger charge is 2.03. The predicted molar refractivity (Wildman–Crippen MR) is 54.8 cm³/mol. The van der Waals surface area contributed by atoms with Crippen LogP contribution in [-0.2, 0) is 4.79 Å². The minimum absolute atomic E-state index is 0.104. The van der Waals surface area contributed by atoms with Crippen molar-refractivity contribution in [3.63, 3.8) is 0 Å². The molecular formula is C11H12N2O. The Balaban J connectivity index is 2.81. The molecule has 1 aromatic rings.